The number of ketones is 1. The summed E-state index contributed by atoms with van der Waals surface area (Å²) in [4.78, 5) is 11.1. The molecule has 1 aromatic rings. The largest absolute Gasteiger partial charge is 0.298 e. The normalized spacial score (nSPS) is 10.2. The molecule has 0 saturated carbocycles. The van der Waals surface area contributed by atoms with E-state index in [4.69, 9.17) is 11.6 Å². The topological polar surface area (TPSA) is 17.1 Å². The average Bonchev–Trinajstić information content (AvgIpc) is 2.16. The smallest absolute Gasteiger partial charge is 0.151 e. The van der Waals surface area contributed by atoms with E-state index in [2.05, 4.69) is 15.9 Å². The Bertz CT molecular complexity index is 341. The molecule has 0 bridgehead atoms. The fourth-order valence-electron chi connectivity index (χ4n) is 1.17. The molecule has 0 amide bonds. The highest BCUT2D eigenvalue weighted by molar-refractivity contribution is 9.10. The Morgan fingerprint density at radius 3 is 2.57 bits per heavy atom. The van der Waals surface area contributed by atoms with E-state index < -0.39 is 6.67 Å². The predicted molar refractivity (Wildman–Crippen MR) is 58.4 cm³/mol. The van der Waals surface area contributed by atoms with E-state index in [1.807, 2.05) is 0 Å². The average molecular weight is 280 g/mol. The van der Waals surface area contributed by atoms with Gasteiger partial charge >= 0.3 is 0 Å². The summed E-state index contributed by atoms with van der Waals surface area (Å²) in [5.74, 6) is -0.0631. The van der Waals surface area contributed by atoms with Crippen LogP contribution in [-0.4, -0.2) is 11.7 Å². The van der Waals surface area contributed by atoms with Gasteiger partial charge in [0.25, 0.3) is 0 Å². The van der Waals surface area contributed by atoms with E-state index in [-0.39, 0.29) is 18.1 Å². The van der Waals surface area contributed by atoms with Gasteiger partial charge in [-0.15, -0.1) is 11.6 Å². The molecule has 0 fully saturated rings. The van der Waals surface area contributed by atoms with Crippen LogP contribution in [0.4, 0.5) is 4.39 Å². The van der Waals surface area contributed by atoms with E-state index in [0.717, 1.165) is 10.0 Å². The van der Waals surface area contributed by atoms with Gasteiger partial charge in [0.15, 0.2) is 5.78 Å². The minimum Gasteiger partial charge on any atom is -0.298 e. The highest BCUT2D eigenvalue weighted by Crippen LogP contribution is 2.17. The van der Waals surface area contributed by atoms with Gasteiger partial charge in [-0.25, -0.2) is 4.39 Å². The van der Waals surface area contributed by atoms with Gasteiger partial charge in [-0.05, 0) is 23.3 Å². The van der Waals surface area contributed by atoms with Crippen molar-refractivity contribution in [3.05, 3.63) is 33.8 Å². The molecule has 76 valence electrons. The molecular formula is C10H9BrClFO. The van der Waals surface area contributed by atoms with Crippen molar-refractivity contribution >= 4 is 33.3 Å². The number of halogens is 3. The number of carbonyl (C=O) groups excluding carboxylic acids is 1. The fourth-order valence-corrected chi connectivity index (χ4v) is 1.85. The maximum absolute atomic E-state index is 12.4. The van der Waals surface area contributed by atoms with Gasteiger partial charge < -0.3 is 0 Å². The van der Waals surface area contributed by atoms with Crippen LogP contribution >= 0.6 is 27.5 Å². The second-order valence-electron chi connectivity index (χ2n) is 2.95. The summed E-state index contributed by atoms with van der Waals surface area (Å²) in [6.07, 6.45) is 0.260. The van der Waals surface area contributed by atoms with Crippen molar-refractivity contribution in [2.75, 3.05) is 5.88 Å². The lowest BCUT2D eigenvalue weighted by atomic mass is 10.1. The number of hydrogen-bond acceptors (Lipinski definition) is 1. The van der Waals surface area contributed by atoms with Crippen molar-refractivity contribution < 1.29 is 9.18 Å². The van der Waals surface area contributed by atoms with Gasteiger partial charge in [-0.2, -0.15) is 0 Å². The van der Waals surface area contributed by atoms with Crippen LogP contribution in [0.15, 0.2) is 22.7 Å². The van der Waals surface area contributed by atoms with Gasteiger partial charge in [0.05, 0.1) is 5.88 Å². The molecule has 0 heterocycles. The first-order chi connectivity index (χ1) is 6.65. The molecule has 1 nitrogen and oxygen atoms in total. The van der Waals surface area contributed by atoms with Crippen molar-refractivity contribution in [2.24, 2.45) is 0 Å². The molecule has 0 radical (unpaired) electrons. The molecule has 0 saturated heterocycles. The predicted octanol–water partition coefficient (Wildman–Crippen LogP) is 3.27. The lowest BCUT2D eigenvalue weighted by molar-refractivity contribution is -0.116. The zero-order valence-electron chi connectivity index (χ0n) is 7.40. The number of rotatable bonds is 4. The Morgan fingerprint density at radius 2 is 2.00 bits per heavy atom. The van der Waals surface area contributed by atoms with Crippen LogP contribution in [0.2, 0.25) is 0 Å². The van der Waals surface area contributed by atoms with Crippen molar-refractivity contribution in [3.8, 4) is 0 Å². The summed E-state index contributed by atoms with van der Waals surface area (Å²) in [5.41, 5.74) is 1.36. The van der Waals surface area contributed by atoms with Crippen molar-refractivity contribution in [2.45, 2.75) is 13.1 Å². The van der Waals surface area contributed by atoms with Gasteiger partial charge in [0.2, 0.25) is 0 Å². The summed E-state index contributed by atoms with van der Waals surface area (Å²) in [5, 5.41) is 0. The lowest BCUT2D eigenvalue weighted by Crippen LogP contribution is -2.04. The SMILES string of the molecule is O=C(CCl)Cc1cc(Br)cc(CF)c1. The molecule has 0 aliphatic rings. The van der Waals surface area contributed by atoms with Gasteiger partial charge in [-0.1, -0.05) is 22.0 Å². The minimum absolute atomic E-state index is 0.00251. The van der Waals surface area contributed by atoms with E-state index in [0.29, 0.717) is 5.56 Å². The van der Waals surface area contributed by atoms with Crippen LogP contribution < -0.4 is 0 Å². The number of benzene rings is 1. The zero-order chi connectivity index (χ0) is 10.6. The van der Waals surface area contributed by atoms with Crippen molar-refractivity contribution in [1.29, 1.82) is 0 Å². The summed E-state index contributed by atoms with van der Waals surface area (Å²) in [6.45, 7) is -0.526. The molecular weight excluding hydrogens is 270 g/mol. The third kappa shape index (κ3) is 3.39. The second kappa shape index (κ2) is 5.47. The first-order valence-electron chi connectivity index (χ1n) is 4.07. The third-order valence-corrected chi connectivity index (χ3v) is 2.48. The number of alkyl halides is 2. The van der Waals surface area contributed by atoms with Crippen LogP contribution in [0.3, 0.4) is 0 Å². The van der Waals surface area contributed by atoms with E-state index in [1.54, 1.807) is 18.2 Å². The standard InChI is InChI=1S/C10H9BrClFO/c11-9-2-7(4-10(14)5-12)1-8(3-9)6-13/h1-3H,4-6H2. The summed E-state index contributed by atoms with van der Waals surface area (Å²) in [7, 11) is 0. The van der Waals surface area contributed by atoms with Crippen molar-refractivity contribution in [3.63, 3.8) is 0 Å². The molecule has 0 aromatic heterocycles. The van der Waals surface area contributed by atoms with Crippen LogP contribution in [0.5, 0.6) is 0 Å². The Morgan fingerprint density at radius 1 is 1.36 bits per heavy atom. The number of Topliss-reactive ketones (excluding diaryl/α,β-unsaturated/α-hetero) is 1. The molecule has 1 aromatic carbocycles. The summed E-state index contributed by atoms with van der Waals surface area (Å²) < 4.78 is 13.2. The molecule has 0 N–H and O–H groups in total. The molecule has 14 heavy (non-hydrogen) atoms. The quantitative estimate of drug-likeness (QED) is 0.773. The Labute approximate surface area is 95.4 Å². The third-order valence-electron chi connectivity index (χ3n) is 1.72. The maximum atomic E-state index is 12.4. The van der Waals surface area contributed by atoms with Gasteiger partial charge in [-0.3, -0.25) is 4.79 Å². The van der Waals surface area contributed by atoms with E-state index in [9.17, 15) is 9.18 Å². The van der Waals surface area contributed by atoms with Crippen LogP contribution in [0, 0.1) is 0 Å². The molecule has 0 spiro atoms. The number of hydrogen-bond donors (Lipinski definition) is 0. The Balaban J connectivity index is 2.86. The van der Waals surface area contributed by atoms with Gasteiger partial charge in [0, 0.05) is 10.9 Å². The molecule has 4 heteroatoms. The zero-order valence-corrected chi connectivity index (χ0v) is 9.74. The monoisotopic (exact) mass is 278 g/mol. The summed E-state index contributed by atoms with van der Waals surface area (Å²) >= 11 is 8.63. The maximum Gasteiger partial charge on any atom is 0.151 e. The van der Waals surface area contributed by atoms with Crippen LogP contribution in [0.1, 0.15) is 11.1 Å². The van der Waals surface area contributed by atoms with E-state index >= 15 is 0 Å². The minimum atomic E-state index is -0.526. The van der Waals surface area contributed by atoms with Crippen LogP contribution in [-0.2, 0) is 17.9 Å². The first kappa shape index (κ1) is 11.7. The second-order valence-corrected chi connectivity index (χ2v) is 4.13. The first-order valence-corrected chi connectivity index (χ1v) is 5.40. The molecule has 0 aliphatic carbocycles. The molecule has 0 aliphatic heterocycles. The summed E-state index contributed by atoms with van der Waals surface area (Å²) in [6, 6.07) is 5.16. The van der Waals surface area contributed by atoms with E-state index in [1.165, 1.54) is 0 Å². The highest BCUT2D eigenvalue weighted by Gasteiger charge is 2.04. The molecule has 1 rings (SSSR count). The Hall–Kier alpha value is -0.410. The molecule has 0 atom stereocenters. The highest BCUT2D eigenvalue weighted by atomic mass is 79.9. The number of carbonyl (C=O) groups is 1. The Kier molecular flexibility index (Phi) is 4.55. The fraction of sp³-hybridized carbons (Fsp3) is 0.300. The van der Waals surface area contributed by atoms with Crippen molar-refractivity contribution in [1.82, 2.24) is 0 Å². The molecule has 0 unspecified atom stereocenters. The van der Waals surface area contributed by atoms with Crippen LogP contribution in [0.25, 0.3) is 0 Å². The lowest BCUT2D eigenvalue weighted by Gasteiger charge is -2.02. The van der Waals surface area contributed by atoms with Gasteiger partial charge in [0.1, 0.15) is 6.67 Å².